The summed E-state index contributed by atoms with van der Waals surface area (Å²) in [5.41, 5.74) is 8.01. The van der Waals surface area contributed by atoms with Gasteiger partial charge in [0.05, 0.1) is 18.1 Å². The van der Waals surface area contributed by atoms with Crippen molar-refractivity contribution in [2.75, 3.05) is 13.7 Å². The number of rotatable bonds is 6. The molecular formula is C20H21ClN2O3. The lowest BCUT2D eigenvalue weighted by atomic mass is 9.95. The lowest BCUT2D eigenvalue weighted by Gasteiger charge is -2.19. The molecule has 26 heavy (non-hydrogen) atoms. The first-order chi connectivity index (χ1) is 12.5. The van der Waals surface area contributed by atoms with Crippen LogP contribution in [0.1, 0.15) is 40.4 Å². The van der Waals surface area contributed by atoms with Crippen LogP contribution in [0.15, 0.2) is 48.5 Å². The average Bonchev–Trinajstić information content (AvgIpc) is 3.48. The molecule has 0 saturated heterocycles. The molecule has 5 nitrogen and oxygen atoms in total. The molecular weight excluding hydrogens is 352 g/mol. The summed E-state index contributed by atoms with van der Waals surface area (Å²) >= 11 is 5.93. The van der Waals surface area contributed by atoms with Gasteiger partial charge >= 0.3 is 5.97 Å². The van der Waals surface area contributed by atoms with Crippen molar-refractivity contribution in [3.05, 3.63) is 70.2 Å². The maximum Gasteiger partial charge on any atom is 0.337 e. The van der Waals surface area contributed by atoms with E-state index in [-0.39, 0.29) is 11.9 Å². The Morgan fingerprint density at radius 3 is 2.31 bits per heavy atom. The Hall–Kier alpha value is -2.37. The number of nitrogens with two attached hydrogens (primary N) is 1. The van der Waals surface area contributed by atoms with Crippen molar-refractivity contribution in [1.82, 2.24) is 5.32 Å². The van der Waals surface area contributed by atoms with Crippen LogP contribution in [0.25, 0.3) is 0 Å². The molecule has 0 bridgehead atoms. The smallest absolute Gasteiger partial charge is 0.337 e. The van der Waals surface area contributed by atoms with Crippen LogP contribution >= 0.6 is 11.6 Å². The van der Waals surface area contributed by atoms with Gasteiger partial charge in [-0.05, 0) is 48.2 Å². The number of benzene rings is 2. The molecule has 0 aliphatic heterocycles. The number of methoxy groups -OCH3 is 1. The van der Waals surface area contributed by atoms with Crippen molar-refractivity contribution in [3.8, 4) is 0 Å². The van der Waals surface area contributed by atoms with Gasteiger partial charge in [-0.3, -0.25) is 4.79 Å². The van der Waals surface area contributed by atoms with Crippen LogP contribution in [0.5, 0.6) is 0 Å². The SMILES string of the molecule is COC(=O)c1ccc(C(N)CNC(=O)C2(c3ccc(Cl)cc3)CC2)cc1. The zero-order valence-electron chi connectivity index (χ0n) is 14.5. The van der Waals surface area contributed by atoms with Crippen molar-refractivity contribution in [3.63, 3.8) is 0 Å². The molecule has 1 fully saturated rings. The zero-order chi connectivity index (χ0) is 18.7. The lowest BCUT2D eigenvalue weighted by Crippen LogP contribution is -2.38. The van der Waals surface area contributed by atoms with E-state index in [1.54, 1.807) is 36.4 Å². The van der Waals surface area contributed by atoms with Crippen molar-refractivity contribution in [2.24, 2.45) is 5.73 Å². The first-order valence-corrected chi connectivity index (χ1v) is 8.82. The molecule has 1 aliphatic carbocycles. The van der Waals surface area contributed by atoms with E-state index >= 15 is 0 Å². The highest BCUT2D eigenvalue weighted by atomic mass is 35.5. The molecule has 136 valence electrons. The summed E-state index contributed by atoms with van der Waals surface area (Å²) < 4.78 is 4.67. The molecule has 2 aromatic carbocycles. The fraction of sp³-hybridized carbons (Fsp3) is 0.300. The molecule has 1 atom stereocenters. The van der Waals surface area contributed by atoms with Gasteiger partial charge in [0.2, 0.25) is 5.91 Å². The molecule has 3 rings (SSSR count). The summed E-state index contributed by atoms with van der Waals surface area (Å²) in [5, 5.41) is 3.61. The minimum absolute atomic E-state index is 0.0125. The fourth-order valence-corrected chi connectivity index (χ4v) is 3.14. The van der Waals surface area contributed by atoms with E-state index in [0.717, 1.165) is 24.0 Å². The molecule has 1 amide bonds. The summed E-state index contributed by atoms with van der Waals surface area (Å²) in [7, 11) is 1.34. The maximum atomic E-state index is 12.7. The summed E-state index contributed by atoms with van der Waals surface area (Å²) in [5.74, 6) is -0.404. The largest absolute Gasteiger partial charge is 0.465 e. The molecule has 0 aromatic heterocycles. The van der Waals surface area contributed by atoms with Gasteiger partial charge in [0.1, 0.15) is 0 Å². The third-order valence-corrected chi connectivity index (χ3v) is 5.08. The van der Waals surface area contributed by atoms with E-state index < -0.39 is 11.4 Å². The van der Waals surface area contributed by atoms with Crippen LogP contribution in [0, 0.1) is 0 Å². The van der Waals surface area contributed by atoms with E-state index in [0.29, 0.717) is 17.1 Å². The Balaban J connectivity index is 1.60. The van der Waals surface area contributed by atoms with Crippen molar-refractivity contribution >= 4 is 23.5 Å². The number of hydrogen-bond donors (Lipinski definition) is 2. The molecule has 6 heteroatoms. The van der Waals surface area contributed by atoms with Crippen molar-refractivity contribution in [1.29, 1.82) is 0 Å². The molecule has 3 N–H and O–H groups in total. The van der Waals surface area contributed by atoms with Gasteiger partial charge in [-0.25, -0.2) is 4.79 Å². The molecule has 2 aromatic rings. The number of halogens is 1. The van der Waals surface area contributed by atoms with Gasteiger partial charge in [0.15, 0.2) is 0 Å². The first kappa shape index (κ1) is 18.4. The third-order valence-electron chi connectivity index (χ3n) is 4.82. The Morgan fingerprint density at radius 1 is 1.15 bits per heavy atom. The number of hydrogen-bond acceptors (Lipinski definition) is 4. The summed E-state index contributed by atoms with van der Waals surface area (Å²) in [6.45, 7) is 0.325. The number of esters is 1. The predicted molar refractivity (Wildman–Crippen MR) is 100 cm³/mol. The third kappa shape index (κ3) is 3.74. The molecule has 0 radical (unpaired) electrons. The normalized spacial score (nSPS) is 15.8. The molecule has 1 saturated carbocycles. The fourth-order valence-electron chi connectivity index (χ4n) is 3.01. The topological polar surface area (TPSA) is 81.4 Å². The van der Waals surface area contributed by atoms with E-state index in [1.165, 1.54) is 7.11 Å². The van der Waals surface area contributed by atoms with Gasteiger partial charge < -0.3 is 15.8 Å². The highest BCUT2D eigenvalue weighted by Gasteiger charge is 2.51. The van der Waals surface area contributed by atoms with Crippen LogP contribution < -0.4 is 11.1 Å². The first-order valence-electron chi connectivity index (χ1n) is 8.44. The van der Waals surface area contributed by atoms with Crippen molar-refractivity contribution in [2.45, 2.75) is 24.3 Å². The number of amides is 1. The van der Waals surface area contributed by atoms with E-state index in [9.17, 15) is 9.59 Å². The van der Waals surface area contributed by atoms with E-state index in [1.807, 2.05) is 12.1 Å². The van der Waals surface area contributed by atoms with Crippen LogP contribution in [-0.4, -0.2) is 25.5 Å². The highest BCUT2D eigenvalue weighted by molar-refractivity contribution is 6.30. The van der Waals surface area contributed by atoms with Gasteiger partial charge in [-0.15, -0.1) is 0 Å². The second kappa shape index (κ2) is 7.48. The van der Waals surface area contributed by atoms with E-state index in [2.05, 4.69) is 10.1 Å². The van der Waals surface area contributed by atoms with Crippen molar-refractivity contribution < 1.29 is 14.3 Å². The Labute approximate surface area is 157 Å². The zero-order valence-corrected chi connectivity index (χ0v) is 15.3. The summed E-state index contributed by atoms with van der Waals surface area (Å²) in [6.07, 6.45) is 1.65. The van der Waals surface area contributed by atoms with Gasteiger partial charge in [0, 0.05) is 17.6 Å². The Morgan fingerprint density at radius 2 is 1.77 bits per heavy atom. The minimum Gasteiger partial charge on any atom is -0.465 e. The Bertz CT molecular complexity index is 799. The van der Waals surface area contributed by atoms with Crippen LogP contribution in [-0.2, 0) is 14.9 Å². The van der Waals surface area contributed by atoms with Crippen LogP contribution in [0.3, 0.4) is 0 Å². The van der Waals surface area contributed by atoms with Gasteiger partial charge in [-0.1, -0.05) is 35.9 Å². The van der Waals surface area contributed by atoms with Crippen LogP contribution in [0.4, 0.5) is 0 Å². The number of nitrogens with one attached hydrogen (secondary N) is 1. The highest BCUT2D eigenvalue weighted by Crippen LogP contribution is 2.48. The molecule has 0 heterocycles. The summed E-state index contributed by atoms with van der Waals surface area (Å²) in [4.78, 5) is 24.1. The molecule has 1 aliphatic rings. The molecule has 0 spiro atoms. The quantitative estimate of drug-likeness (QED) is 0.764. The Kier molecular flexibility index (Phi) is 5.30. The lowest BCUT2D eigenvalue weighted by molar-refractivity contribution is -0.123. The van der Waals surface area contributed by atoms with Crippen LogP contribution in [0.2, 0.25) is 5.02 Å². The average molecular weight is 373 g/mol. The minimum atomic E-state index is -0.459. The summed E-state index contributed by atoms with van der Waals surface area (Å²) in [6, 6.07) is 13.9. The van der Waals surface area contributed by atoms with E-state index in [4.69, 9.17) is 17.3 Å². The standard InChI is InChI=1S/C20H21ClN2O3/c1-26-18(24)14-4-2-13(3-5-14)17(22)12-23-19(25)20(10-11-20)15-6-8-16(21)9-7-15/h2-9,17H,10-12,22H2,1H3,(H,23,25). The number of ether oxygens (including phenoxy) is 1. The number of carbonyl (C=O) groups is 2. The van der Waals surface area contributed by atoms with Gasteiger partial charge in [0.25, 0.3) is 0 Å². The number of carbonyl (C=O) groups excluding carboxylic acids is 2. The van der Waals surface area contributed by atoms with Gasteiger partial charge in [-0.2, -0.15) is 0 Å². The second-order valence-electron chi connectivity index (χ2n) is 6.52. The monoisotopic (exact) mass is 372 g/mol. The maximum absolute atomic E-state index is 12.7. The second-order valence-corrected chi connectivity index (χ2v) is 6.96. The predicted octanol–water partition coefficient (Wildman–Crippen LogP) is 2.97. The molecule has 1 unspecified atom stereocenters.